The Morgan fingerprint density at radius 1 is 1.44 bits per heavy atom. The van der Waals surface area contributed by atoms with E-state index in [1.807, 2.05) is 6.07 Å². The molecule has 0 amide bonds. The van der Waals surface area contributed by atoms with Crippen molar-refractivity contribution in [3.8, 4) is 0 Å². The molecule has 3 heterocycles. The van der Waals surface area contributed by atoms with E-state index in [1.54, 1.807) is 6.26 Å². The number of aryl methyl sites for hydroxylation is 1. The fraction of sp³-hybridized carbons (Fsp3) is 0.462. The van der Waals surface area contributed by atoms with Crippen molar-refractivity contribution in [1.82, 2.24) is 14.6 Å². The molecule has 1 aliphatic rings. The van der Waals surface area contributed by atoms with Crippen LogP contribution in [0.25, 0.3) is 0 Å². The highest BCUT2D eigenvalue weighted by atomic mass is 16.5. The summed E-state index contributed by atoms with van der Waals surface area (Å²) < 4.78 is 12.7. The maximum absolute atomic E-state index is 5.61. The standard InChI is InChI=1S/C13H17N3O2/c1-15-5-2-3-12(15)13-10-17-8-6-16(13)9-11-4-7-18-14-11/h2-5,7,13H,6,8-10H2,1H3/t13-/m0/s1. The zero-order valence-electron chi connectivity index (χ0n) is 10.5. The summed E-state index contributed by atoms with van der Waals surface area (Å²) >= 11 is 0. The summed E-state index contributed by atoms with van der Waals surface area (Å²) in [5.74, 6) is 0. The van der Waals surface area contributed by atoms with Crippen molar-refractivity contribution in [3.63, 3.8) is 0 Å². The van der Waals surface area contributed by atoms with Crippen molar-refractivity contribution >= 4 is 0 Å². The molecular weight excluding hydrogens is 230 g/mol. The highest BCUT2D eigenvalue weighted by Gasteiger charge is 2.26. The first-order chi connectivity index (χ1) is 8.84. The van der Waals surface area contributed by atoms with Gasteiger partial charge in [0.15, 0.2) is 0 Å². The van der Waals surface area contributed by atoms with E-state index in [2.05, 4.69) is 40.0 Å². The second kappa shape index (κ2) is 4.96. The summed E-state index contributed by atoms with van der Waals surface area (Å²) in [6.07, 6.45) is 3.69. The van der Waals surface area contributed by atoms with Gasteiger partial charge < -0.3 is 13.8 Å². The highest BCUT2D eigenvalue weighted by molar-refractivity contribution is 5.13. The van der Waals surface area contributed by atoms with Crippen LogP contribution in [0.15, 0.2) is 35.2 Å². The van der Waals surface area contributed by atoms with Gasteiger partial charge in [0, 0.05) is 38.1 Å². The number of ether oxygens (including phenoxy) is 1. The molecule has 0 bridgehead atoms. The monoisotopic (exact) mass is 247 g/mol. The first kappa shape index (κ1) is 11.5. The molecule has 1 fully saturated rings. The number of morpholine rings is 1. The predicted octanol–water partition coefficient (Wildman–Crippen LogP) is 1.59. The molecule has 2 aromatic rings. The molecule has 0 saturated carbocycles. The van der Waals surface area contributed by atoms with E-state index in [-0.39, 0.29) is 6.04 Å². The quantitative estimate of drug-likeness (QED) is 0.826. The lowest BCUT2D eigenvalue weighted by molar-refractivity contribution is -0.0160. The maximum Gasteiger partial charge on any atom is 0.124 e. The van der Waals surface area contributed by atoms with Gasteiger partial charge >= 0.3 is 0 Å². The van der Waals surface area contributed by atoms with Crippen LogP contribution in [0, 0.1) is 0 Å². The van der Waals surface area contributed by atoms with Crippen LogP contribution in [0.2, 0.25) is 0 Å². The minimum atomic E-state index is 0.287. The lowest BCUT2D eigenvalue weighted by Crippen LogP contribution is -2.39. The van der Waals surface area contributed by atoms with Crippen LogP contribution in [-0.2, 0) is 18.3 Å². The summed E-state index contributed by atoms with van der Waals surface area (Å²) in [7, 11) is 2.07. The second-order valence-electron chi connectivity index (χ2n) is 4.60. The van der Waals surface area contributed by atoms with Crippen LogP contribution in [0.3, 0.4) is 0 Å². The van der Waals surface area contributed by atoms with E-state index in [1.165, 1.54) is 5.69 Å². The third kappa shape index (κ3) is 2.19. The molecule has 18 heavy (non-hydrogen) atoms. The van der Waals surface area contributed by atoms with Gasteiger partial charge in [-0.3, -0.25) is 4.90 Å². The molecular formula is C13H17N3O2. The normalized spacial score (nSPS) is 21.3. The molecule has 1 atom stereocenters. The van der Waals surface area contributed by atoms with Crippen LogP contribution in [0.4, 0.5) is 0 Å². The topological polar surface area (TPSA) is 43.4 Å². The molecule has 0 unspecified atom stereocenters. The Labute approximate surface area is 106 Å². The minimum Gasteiger partial charge on any atom is -0.378 e. The summed E-state index contributed by atoms with van der Waals surface area (Å²) in [6.45, 7) is 3.23. The number of nitrogens with zero attached hydrogens (tertiary/aromatic N) is 3. The lowest BCUT2D eigenvalue weighted by atomic mass is 10.1. The average molecular weight is 247 g/mol. The van der Waals surface area contributed by atoms with Gasteiger partial charge in [-0.2, -0.15) is 0 Å². The Hall–Kier alpha value is -1.59. The number of aromatic nitrogens is 2. The molecule has 0 spiro atoms. The molecule has 0 N–H and O–H groups in total. The van der Waals surface area contributed by atoms with Crippen molar-refractivity contribution < 1.29 is 9.26 Å². The van der Waals surface area contributed by atoms with Gasteiger partial charge in [-0.05, 0) is 12.1 Å². The summed E-state index contributed by atoms with van der Waals surface area (Å²) in [5, 5.41) is 3.98. The fourth-order valence-corrected chi connectivity index (χ4v) is 2.45. The van der Waals surface area contributed by atoms with Gasteiger partial charge in [-0.25, -0.2) is 0 Å². The van der Waals surface area contributed by atoms with E-state index >= 15 is 0 Å². The third-order valence-electron chi connectivity index (χ3n) is 3.42. The van der Waals surface area contributed by atoms with Gasteiger partial charge in [0.05, 0.1) is 24.9 Å². The zero-order chi connectivity index (χ0) is 12.4. The average Bonchev–Trinajstić information content (AvgIpc) is 3.02. The summed E-state index contributed by atoms with van der Waals surface area (Å²) in [4.78, 5) is 2.39. The van der Waals surface area contributed by atoms with Crippen molar-refractivity contribution in [3.05, 3.63) is 42.0 Å². The van der Waals surface area contributed by atoms with Crippen LogP contribution >= 0.6 is 0 Å². The third-order valence-corrected chi connectivity index (χ3v) is 3.42. The van der Waals surface area contributed by atoms with Crippen molar-refractivity contribution in [1.29, 1.82) is 0 Å². The Morgan fingerprint density at radius 2 is 2.39 bits per heavy atom. The molecule has 96 valence electrons. The molecule has 2 aromatic heterocycles. The highest BCUT2D eigenvalue weighted by Crippen LogP contribution is 2.25. The molecule has 0 radical (unpaired) electrons. The Kier molecular flexibility index (Phi) is 3.17. The minimum absolute atomic E-state index is 0.287. The zero-order valence-corrected chi connectivity index (χ0v) is 10.5. The molecule has 0 aromatic carbocycles. The van der Waals surface area contributed by atoms with Crippen LogP contribution < -0.4 is 0 Å². The van der Waals surface area contributed by atoms with Gasteiger partial charge in [-0.15, -0.1) is 0 Å². The molecule has 5 heteroatoms. The van der Waals surface area contributed by atoms with Gasteiger partial charge in [0.25, 0.3) is 0 Å². The van der Waals surface area contributed by atoms with Gasteiger partial charge in [0.1, 0.15) is 6.26 Å². The number of hydrogen-bond acceptors (Lipinski definition) is 4. The molecule has 3 rings (SSSR count). The van der Waals surface area contributed by atoms with Crippen LogP contribution in [-0.4, -0.2) is 34.4 Å². The van der Waals surface area contributed by atoms with Crippen molar-refractivity contribution in [2.75, 3.05) is 19.8 Å². The predicted molar refractivity (Wildman–Crippen MR) is 65.9 cm³/mol. The Balaban J connectivity index is 1.80. The summed E-state index contributed by atoms with van der Waals surface area (Å²) in [5.41, 5.74) is 2.24. The SMILES string of the molecule is Cn1cccc1[C@@H]1COCCN1Cc1ccon1. The second-order valence-corrected chi connectivity index (χ2v) is 4.60. The smallest absolute Gasteiger partial charge is 0.124 e. The lowest BCUT2D eigenvalue weighted by Gasteiger charge is -2.35. The fourth-order valence-electron chi connectivity index (χ4n) is 2.45. The van der Waals surface area contributed by atoms with Gasteiger partial charge in [-0.1, -0.05) is 5.16 Å². The number of rotatable bonds is 3. The van der Waals surface area contributed by atoms with E-state index in [0.717, 1.165) is 32.0 Å². The van der Waals surface area contributed by atoms with E-state index in [9.17, 15) is 0 Å². The van der Waals surface area contributed by atoms with Crippen molar-refractivity contribution in [2.45, 2.75) is 12.6 Å². The van der Waals surface area contributed by atoms with Crippen LogP contribution in [0.1, 0.15) is 17.4 Å². The van der Waals surface area contributed by atoms with Gasteiger partial charge in [0.2, 0.25) is 0 Å². The molecule has 0 aliphatic carbocycles. The number of hydrogen-bond donors (Lipinski definition) is 0. The molecule has 5 nitrogen and oxygen atoms in total. The first-order valence-electron chi connectivity index (χ1n) is 6.17. The summed E-state index contributed by atoms with van der Waals surface area (Å²) in [6, 6.07) is 6.42. The first-order valence-corrected chi connectivity index (χ1v) is 6.17. The van der Waals surface area contributed by atoms with E-state index < -0.39 is 0 Å². The molecule has 1 aliphatic heterocycles. The Morgan fingerprint density at radius 3 is 3.11 bits per heavy atom. The Bertz CT molecular complexity index is 492. The van der Waals surface area contributed by atoms with E-state index in [0.29, 0.717) is 0 Å². The maximum atomic E-state index is 5.61. The molecule has 1 saturated heterocycles. The van der Waals surface area contributed by atoms with Crippen LogP contribution in [0.5, 0.6) is 0 Å². The van der Waals surface area contributed by atoms with Crippen molar-refractivity contribution in [2.24, 2.45) is 7.05 Å². The van der Waals surface area contributed by atoms with E-state index in [4.69, 9.17) is 9.26 Å². The largest absolute Gasteiger partial charge is 0.378 e.